The van der Waals surface area contributed by atoms with Crippen molar-refractivity contribution in [1.82, 2.24) is 19.7 Å². The fraction of sp³-hybridized carbons (Fsp3) is 0.238. The van der Waals surface area contributed by atoms with Gasteiger partial charge in [-0.15, -0.1) is 16.8 Å². The van der Waals surface area contributed by atoms with Crippen LogP contribution in [0.2, 0.25) is 0 Å². The molecule has 0 saturated carbocycles. The lowest BCUT2D eigenvalue weighted by Gasteiger charge is -2.09. The number of allylic oxidation sites excluding steroid dienone is 1. The zero-order valence-corrected chi connectivity index (χ0v) is 18.7. The minimum absolute atomic E-state index is 0.152. The zero-order chi connectivity index (χ0) is 20.8. The van der Waals surface area contributed by atoms with E-state index in [1.165, 1.54) is 17.3 Å². The first-order valence-electron chi connectivity index (χ1n) is 9.16. The highest BCUT2D eigenvalue weighted by Gasteiger charge is 2.15. The summed E-state index contributed by atoms with van der Waals surface area (Å²) in [7, 11) is 0. The first kappa shape index (κ1) is 21.3. The van der Waals surface area contributed by atoms with Crippen LogP contribution in [0.1, 0.15) is 25.3 Å². The van der Waals surface area contributed by atoms with Crippen molar-refractivity contribution in [2.24, 2.45) is 0 Å². The Kier molecular flexibility index (Phi) is 7.22. The number of nitrogens with zero attached hydrogens (tertiary/aromatic N) is 4. The summed E-state index contributed by atoms with van der Waals surface area (Å²) in [5.74, 6) is 1.80. The Morgan fingerprint density at radius 1 is 1.24 bits per heavy atom. The molecule has 3 aromatic rings. The molecule has 0 spiro atoms. The SMILES string of the molecule is C=CCn1c(SCC(=O)Nc2ccc(Br)cn2)nnc1-c1ccc(C(C)C)cc1. The molecule has 0 aliphatic heterocycles. The molecular formula is C21H22BrN5OS. The second kappa shape index (κ2) is 9.84. The normalized spacial score (nSPS) is 10.9. The number of thioether (sulfide) groups is 1. The lowest BCUT2D eigenvalue weighted by molar-refractivity contribution is -0.113. The Balaban J connectivity index is 1.71. The molecule has 8 heteroatoms. The van der Waals surface area contributed by atoms with E-state index in [1.54, 1.807) is 18.3 Å². The summed E-state index contributed by atoms with van der Waals surface area (Å²) in [6.07, 6.45) is 3.44. The average molecular weight is 472 g/mol. The molecule has 0 saturated heterocycles. The number of carbonyl (C=O) groups is 1. The van der Waals surface area contributed by atoms with Crippen molar-refractivity contribution in [3.05, 3.63) is 65.3 Å². The van der Waals surface area contributed by atoms with Gasteiger partial charge in [0.05, 0.1) is 5.75 Å². The summed E-state index contributed by atoms with van der Waals surface area (Å²) in [4.78, 5) is 16.4. The molecule has 0 bridgehead atoms. The van der Waals surface area contributed by atoms with Crippen molar-refractivity contribution in [3.8, 4) is 11.4 Å². The number of nitrogens with one attached hydrogen (secondary N) is 1. The summed E-state index contributed by atoms with van der Waals surface area (Å²) in [5.41, 5.74) is 2.26. The molecule has 0 radical (unpaired) electrons. The third kappa shape index (κ3) is 5.55. The van der Waals surface area contributed by atoms with E-state index >= 15 is 0 Å². The Bertz CT molecular complexity index is 983. The van der Waals surface area contributed by atoms with Gasteiger partial charge in [-0.25, -0.2) is 4.98 Å². The van der Waals surface area contributed by atoms with Crippen molar-refractivity contribution in [2.45, 2.75) is 31.5 Å². The number of carbonyl (C=O) groups excluding carboxylic acids is 1. The van der Waals surface area contributed by atoms with Crippen LogP contribution in [0.3, 0.4) is 0 Å². The first-order valence-corrected chi connectivity index (χ1v) is 10.9. The van der Waals surface area contributed by atoms with Crippen molar-refractivity contribution in [2.75, 3.05) is 11.1 Å². The molecule has 1 amide bonds. The number of rotatable bonds is 8. The van der Waals surface area contributed by atoms with E-state index in [1.807, 2.05) is 10.6 Å². The number of benzene rings is 1. The minimum atomic E-state index is -0.152. The molecule has 6 nitrogen and oxygen atoms in total. The maximum atomic E-state index is 12.3. The Hall–Kier alpha value is -2.45. The van der Waals surface area contributed by atoms with Crippen LogP contribution in [0.5, 0.6) is 0 Å². The summed E-state index contributed by atoms with van der Waals surface area (Å²) >= 11 is 4.66. The fourth-order valence-electron chi connectivity index (χ4n) is 2.68. The number of halogens is 1. The quantitative estimate of drug-likeness (QED) is 0.363. The first-order chi connectivity index (χ1) is 14.0. The molecule has 3 rings (SSSR count). The van der Waals surface area contributed by atoms with Gasteiger partial charge in [0.15, 0.2) is 11.0 Å². The highest BCUT2D eigenvalue weighted by Crippen LogP contribution is 2.26. The molecule has 29 heavy (non-hydrogen) atoms. The molecule has 0 atom stereocenters. The predicted octanol–water partition coefficient (Wildman–Crippen LogP) is 5.14. The monoisotopic (exact) mass is 471 g/mol. The van der Waals surface area contributed by atoms with E-state index in [0.29, 0.717) is 23.4 Å². The van der Waals surface area contributed by atoms with Crippen LogP contribution in [0.25, 0.3) is 11.4 Å². The number of amides is 1. The van der Waals surface area contributed by atoms with Gasteiger partial charge in [0.2, 0.25) is 5.91 Å². The maximum Gasteiger partial charge on any atom is 0.236 e. The minimum Gasteiger partial charge on any atom is -0.310 e. The van der Waals surface area contributed by atoms with E-state index in [2.05, 4.69) is 81.1 Å². The molecule has 2 aromatic heterocycles. The molecule has 1 N–H and O–H groups in total. The van der Waals surface area contributed by atoms with Crippen LogP contribution in [-0.2, 0) is 11.3 Å². The molecule has 1 aromatic carbocycles. The van der Waals surface area contributed by atoms with E-state index < -0.39 is 0 Å². The van der Waals surface area contributed by atoms with Crippen molar-refractivity contribution < 1.29 is 4.79 Å². The molecule has 0 fully saturated rings. The number of pyridine rings is 1. The van der Waals surface area contributed by atoms with Crippen LogP contribution in [0.15, 0.2) is 64.9 Å². The van der Waals surface area contributed by atoms with Crippen LogP contribution < -0.4 is 5.32 Å². The summed E-state index contributed by atoms with van der Waals surface area (Å²) in [5, 5.41) is 12.1. The van der Waals surface area contributed by atoms with Crippen LogP contribution in [0, 0.1) is 0 Å². The van der Waals surface area contributed by atoms with Crippen LogP contribution in [-0.4, -0.2) is 31.4 Å². The molecule has 150 valence electrons. The lowest BCUT2D eigenvalue weighted by atomic mass is 10.0. The fourth-order valence-corrected chi connectivity index (χ4v) is 3.66. The smallest absolute Gasteiger partial charge is 0.236 e. The van der Waals surface area contributed by atoms with Gasteiger partial charge in [0.25, 0.3) is 0 Å². The van der Waals surface area contributed by atoms with E-state index in [9.17, 15) is 4.79 Å². The number of hydrogen-bond acceptors (Lipinski definition) is 5. The summed E-state index contributed by atoms with van der Waals surface area (Å²) < 4.78 is 2.82. The second-order valence-corrected chi connectivity index (χ2v) is 8.54. The summed E-state index contributed by atoms with van der Waals surface area (Å²) in [6.45, 7) is 8.72. The number of anilines is 1. The van der Waals surface area contributed by atoms with Gasteiger partial charge < -0.3 is 5.32 Å². The Labute approximate surface area is 183 Å². The Morgan fingerprint density at radius 3 is 2.62 bits per heavy atom. The summed E-state index contributed by atoms with van der Waals surface area (Å²) in [6, 6.07) is 11.9. The topological polar surface area (TPSA) is 72.7 Å². The second-order valence-electron chi connectivity index (χ2n) is 6.68. The highest BCUT2D eigenvalue weighted by molar-refractivity contribution is 9.10. The largest absolute Gasteiger partial charge is 0.310 e. The number of aromatic nitrogens is 4. The maximum absolute atomic E-state index is 12.3. The molecular weight excluding hydrogens is 450 g/mol. The van der Waals surface area contributed by atoms with E-state index in [4.69, 9.17) is 0 Å². The van der Waals surface area contributed by atoms with E-state index in [-0.39, 0.29) is 11.7 Å². The highest BCUT2D eigenvalue weighted by atomic mass is 79.9. The van der Waals surface area contributed by atoms with Crippen molar-refractivity contribution in [3.63, 3.8) is 0 Å². The lowest BCUT2D eigenvalue weighted by Crippen LogP contribution is -2.15. The molecule has 2 heterocycles. The molecule has 0 unspecified atom stereocenters. The predicted molar refractivity (Wildman–Crippen MR) is 121 cm³/mol. The van der Waals surface area contributed by atoms with E-state index in [0.717, 1.165) is 15.9 Å². The standard InChI is InChI=1S/C21H22BrN5OS/c1-4-11-27-20(16-7-5-15(6-8-16)14(2)3)25-26-21(27)29-13-19(28)24-18-10-9-17(22)12-23-18/h4-10,12,14H,1,11,13H2,2-3H3,(H,23,24,28). The van der Waals surface area contributed by atoms with Gasteiger partial charge >= 0.3 is 0 Å². The zero-order valence-electron chi connectivity index (χ0n) is 16.3. The van der Waals surface area contributed by atoms with Gasteiger partial charge in [-0.3, -0.25) is 9.36 Å². The van der Waals surface area contributed by atoms with Crippen molar-refractivity contribution >= 4 is 39.4 Å². The average Bonchev–Trinajstić information content (AvgIpc) is 3.11. The third-order valence-corrected chi connectivity index (χ3v) is 5.63. The van der Waals surface area contributed by atoms with Gasteiger partial charge in [-0.1, -0.05) is 56.0 Å². The number of hydrogen-bond donors (Lipinski definition) is 1. The van der Waals surface area contributed by atoms with Crippen LogP contribution >= 0.6 is 27.7 Å². The van der Waals surface area contributed by atoms with Gasteiger partial charge in [-0.2, -0.15) is 0 Å². The van der Waals surface area contributed by atoms with Gasteiger partial charge in [-0.05, 0) is 39.5 Å². The Morgan fingerprint density at radius 2 is 2.00 bits per heavy atom. The van der Waals surface area contributed by atoms with Crippen LogP contribution in [0.4, 0.5) is 5.82 Å². The molecule has 0 aliphatic rings. The third-order valence-electron chi connectivity index (χ3n) is 4.19. The van der Waals surface area contributed by atoms with Crippen molar-refractivity contribution in [1.29, 1.82) is 0 Å². The van der Waals surface area contributed by atoms with Gasteiger partial charge in [0, 0.05) is 22.8 Å². The molecule has 0 aliphatic carbocycles. The van der Waals surface area contributed by atoms with Gasteiger partial charge in [0.1, 0.15) is 5.82 Å².